The normalized spacial score (nSPS) is 13.2. The monoisotopic (exact) mass is 547 g/mol. The van der Waals surface area contributed by atoms with Gasteiger partial charge in [-0.3, -0.25) is 4.99 Å². The molecule has 3 aromatic rings. The molecule has 0 bridgehead atoms. The number of imidazole rings is 1. The van der Waals surface area contributed by atoms with Crippen molar-refractivity contribution in [2.24, 2.45) is 4.99 Å². The Balaban J connectivity index is 0.00000289. The first-order valence-corrected chi connectivity index (χ1v) is 10.4. The predicted molar refractivity (Wildman–Crippen MR) is 137 cm³/mol. The van der Waals surface area contributed by atoms with Crippen LogP contribution in [0.3, 0.4) is 0 Å². The number of ether oxygens (including phenoxy) is 2. The van der Waals surface area contributed by atoms with Gasteiger partial charge >= 0.3 is 0 Å². The van der Waals surface area contributed by atoms with E-state index in [-0.39, 0.29) is 24.0 Å². The maximum absolute atomic E-state index is 5.48. The van der Waals surface area contributed by atoms with E-state index < -0.39 is 0 Å². The molecule has 4 rings (SSSR count). The molecule has 0 atom stereocenters. The summed E-state index contributed by atoms with van der Waals surface area (Å²) >= 11 is 0. The number of hydrogen-bond acceptors (Lipinski definition) is 4. The fourth-order valence-electron chi connectivity index (χ4n) is 3.93. The molecule has 1 N–H and O–H groups in total. The van der Waals surface area contributed by atoms with Gasteiger partial charge in [-0.15, -0.1) is 24.0 Å². The molecule has 170 valence electrons. The minimum absolute atomic E-state index is 0. The summed E-state index contributed by atoms with van der Waals surface area (Å²) in [4.78, 5) is 10.9. The van der Waals surface area contributed by atoms with Gasteiger partial charge in [-0.1, -0.05) is 24.3 Å². The van der Waals surface area contributed by atoms with Gasteiger partial charge in [0.25, 0.3) is 0 Å². The number of guanidine groups is 1. The second-order valence-electron chi connectivity index (χ2n) is 7.60. The smallest absolute Gasteiger partial charge is 0.194 e. The van der Waals surface area contributed by atoms with E-state index in [1.54, 1.807) is 20.4 Å². The molecule has 1 aromatic heterocycles. The zero-order valence-electron chi connectivity index (χ0n) is 18.7. The lowest BCUT2D eigenvalue weighted by atomic mass is 9.99. The highest BCUT2D eigenvalue weighted by atomic mass is 127. The molecule has 0 radical (unpaired) electrons. The van der Waals surface area contributed by atoms with Crippen molar-refractivity contribution in [3.8, 4) is 11.5 Å². The molecule has 0 aliphatic carbocycles. The lowest BCUT2D eigenvalue weighted by molar-refractivity contribution is 0.346. The van der Waals surface area contributed by atoms with Crippen LogP contribution in [0.5, 0.6) is 11.5 Å². The number of nitrogens with one attached hydrogen (secondary N) is 1. The van der Waals surface area contributed by atoms with Crippen molar-refractivity contribution in [1.82, 2.24) is 19.8 Å². The SMILES string of the molecule is CN=C(NCc1ccc(Cn2ccnc2)cc1)N1CCc2cc(OC)c(OC)cc2C1.I. The molecular formula is C24H30IN5O2. The minimum atomic E-state index is 0. The third-order valence-corrected chi connectivity index (χ3v) is 5.63. The number of hydrogen-bond donors (Lipinski definition) is 1. The van der Waals surface area contributed by atoms with E-state index in [2.05, 4.69) is 61.2 Å². The third kappa shape index (κ3) is 5.53. The second kappa shape index (κ2) is 11.2. The summed E-state index contributed by atoms with van der Waals surface area (Å²) in [7, 11) is 5.18. The highest BCUT2D eigenvalue weighted by Crippen LogP contribution is 2.33. The zero-order valence-corrected chi connectivity index (χ0v) is 21.1. The number of aliphatic imine (C=N–C) groups is 1. The summed E-state index contributed by atoms with van der Waals surface area (Å²) < 4.78 is 13.0. The van der Waals surface area contributed by atoms with Crippen LogP contribution in [0.15, 0.2) is 60.1 Å². The molecule has 1 aliphatic heterocycles. The van der Waals surface area contributed by atoms with Gasteiger partial charge in [0.1, 0.15) is 0 Å². The van der Waals surface area contributed by atoms with E-state index >= 15 is 0 Å². The Bertz CT molecular complexity index is 1040. The van der Waals surface area contributed by atoms with Gasteiger partial charge in [-0.05, 0) is 40.8 Å². The number of rotatable bonds is 6. The van der Waals surface area contributed by atoms with E-state index in [1.165, 1.54) is 22.3 Å². The van der Waals surface area contributed by atoms with Crippen molar-refractivity contribution < 1.29 is 9.47 Å². The molecule has 32 heavy (non-hydrogen) atoms. The number of benzene rings is 2. The number of nitrogens with zero attached hydrogens (tertiary/aromatic N) is 4. The van der Waals surface area contributed by atoms with Gasteiger partial charge in [-0.25, -0.2) is 4.98 Å². The number of methoxy groups -OCH3 is 2. The van der Waals surface area contributed by atoms with Crippen LogP contribution in [0.25, 0.3) is 0 Å². The molecule has 1 aliphatic rings. The highest BCUT2D eigenvalue weighted by Gasteiger charge is 2.21. The van der Waals surface area contributed by atoms with E-state index in [1.807, 2.05) is 19.6 Å². The Morgan fingerprint density at radius 3 is 2.38 bits per heavy atom. The van der Waals surface area contributed by atoms with Gasteiger partial charge < -0.3 is 24.3 Å². The molecule has 2 heterocycles. The fraction of sp³-hybridized carbons (Fsp3) is 0.333. The van der Waals surface area contributed by atoms with Crippen molar-refractivity contribution in [2.45, 2.75) is 26.1 Å². The van der Waals surface area contributed by atoms with Crippen molar-refractivity contribution in [2.75, 3.05) is 27.8 Å². The van der Waals surface area contributed by atoms with Crippen LogP contribution in [0, 0.1) is 0 Å². The van der Waals surface area contributed by atoms with Crippen LogP contribution >= 0.6 is 24.0 Å². The topological polar surface area (TPSA) is 63.9 Å². The molecule has 0 fully saturated rings. The highest BCUT2D eigenvalue weighted by molar-refractivity contribution is 14.0. The average Bonchev–Trinajstić information content (AvgIpc) is 3.32. The molecular weight excluding hydrogens is 517 g/mol. The summed E-state index contributed by atoms with van der Waals surface area (Å²) in [5, 5.41) is 3.51. The van der Waals surface area contributed by atoms with Crippen molar-refractivity contribution in [3.63, 3.8) is 0 Å². The molecule has 0 saturated carbocycles. The van der Waals surface area contributed by atoms with Crippen LogP contribution in [0.1, 0.15) is 22.3 Å². The van der Waals surface area contributed by atoms with Crippen LogP contribution < -0.4 is 14.8 Å². The molecule has 2 aromatic carbocycles. The van der Waals surface area contributed by atoms with Crippen LogP contribution in [0.4, 0.5) is 0 Å². The van der Waals surface area contributed by atoms with Crippen molar-refractivity contribution in [3.05, 3.63) is 77.4 Å². The van der Waals surface area contributed by atoms with Gasteiger partial charge in [0.2, 0.25) is 0 Å². The molecule has 0 saturated heterocycles. The number of fused-ring (bicyclic) bond motifs is 1. The van der Waals surface area contributed by atoms with Crippen LogP contribution in [-0.2, 0) is 26.1 Å². The molecule has 7 nitrogen and oxygen atoms in total. The lowest BCUT2D eigenvalue weighted by Crippen LogP contribution is -2.43. The first-order valence-electron chi connectivity index (χ1n) is 10.4. The Morgan fingerprint density at radius 2 is 1.75 bits per heavy atom. The lowest BCUT2D eigenvalue weighted by Gasteiger charge is -2.32. The zero-order chi connectivity index (χ0) is 21.6. The van der Waals surface area contributed by atoms with E-state index in [9.17, 15) is 0 Å². The largest absolute Gasteiger partial charge is 0.493 e. The van der Waals surface area contributed by atoms with Crippen LogP contribution in [-0.4, -0.2) is 48.2 Å². The van der Waals surface area contributed by atoms with E-state index in [0.29, 0.717) is 0 Å². The van der Waals surface area contributed by atoms with Gasteiger partial charge in [0, 0.05) is 45.6 Å². The maximum Gasteiger partial charge on any atom is 0.194 e. The minimum Gasteiger partial charge on any atom is -0.493 e. The average molecular weight is 547 g/mol. The van der Waals surface area contributed by atoms with Crippen LogP contribution in [0.2, 0.25) is 0 Å². The van der Waals surface area contributed by atoms with Crippen molar-refractivity contribution >= 4 is 29.9 Å². The first kappa shape index (κ1) is 23.9. The van der Waals surface area contributed by atoms with Gasteiger partial charge in [-0.2, -0.15) is 0 Å². The van der Waals surface area contributed by atoms with E-state index in [0.717, 1.165) is 50.1 Å². The molecule has 0 spiro atoms. The Kier molecular flexibility index (Phi) is 8.38. The van der Waals surface area contributed by atoms with Crippen molar-refractivity contribution in [1.29, 1.82) is 0 Å². The summed E-state index contributed by atoms with van der Waals surface area (Å²) in [6, 6.07) is 12.8. The van der Waals surface area contributed by atoms with Gasteiger partial charge in [0.15, 0.2) is 17.5 Å². The summed E-state index contributed by atoms with van der Waals surface area (Å²) in [6.07, 6.45) is 6.55. The Hall–Kier alpha value is -2.75. The predicted octanol–water partition coefficient (Wildman–Crippen LogP) is 3.70. The third-order valence-electron chi connectivity index (χ3n) is 5.63. The number of aromatic nitrogens is 2. The van der Waals surface area contributed by atoms with Gasteiger partial charge in [0.05, 0.1) is 20.5 Å². The standard InChI is InChI=1S/C24H29N5O2.HI/c1-25-24(27-14-18-4-6-19(7-5-18)15-28-11-9-26-17-28)29-10-8-20-12-22(30-2)23(31-3)13-21(20)16-29;/h4-7,9,11-13,17H,8,10,14-16H2,1-3H3,(H,25,27);1H. The Labute approximate surface area is 206 Å². The molecule has 0 unspecified atom stereocenters. The maximum atomic E-state index is 5.48. The summed E-state index contributed by atoms with van der Waals surface area (Å²) in [5.74, 6) is 2.46. The quantitative estimate of drug-likeness (QED) is 0.290. The number of halogens is 1. The first-order chi connectivity index (χ1) is 15.2. The molecule has 0 amide bonds. The Morgan fingerprint density at radius 1 is 1.06 bits per heavy atom. The summed E-state index contributed by atoms with van der Waals surface area (Å²) in [6.45, 7) is 3.26. The fourth-order valence-corrected chi connectivity index (χ4v) is 3.93. The summed E-state index contributed by atoms with van der Waals surface area (Å²) in [5.41, 5.74) is 5.02. The second-order valence-corrected chi connectivity index (χ2v) is 7.60. The molecule has 8 heteroatoms. The van der Waals surface area contributed by atoms with E-state index in [4.69, 9.17) is 9.47 Å².